The lowest BCUT2D eigenvalue weighted by Gasteiger charge is -2.18. The Bertz CT molecular complexity index is 931. The zero-order chi connectivity index (χ0) is 44.2. The fourth-order valence-electron chi connectivity index (χ4n) is 8.08. The minimum atomic E-state index is -0.763. The van der Waals surface area contributed by atoms with Crippen molar-refractivity contribution in [3.8, 4) is 0 Å². The van der Waals surface area contributed by atoms with Gasteiger partial charge >= 0.3 is 17.9 Å². The predicted molar refractivity (Wildman–Crippen MR) is 256 cm³/mol. The van der Waals surface area contributed by atoms with Gasteiger partial charge in [-0.3, -0.25) is 14.4 Å². The fourth-order valence-corrected chi connectivity index (χ4v) is 8.08. The Balaban J connectivity index is 4.25. The molecule has 0 aliphatic heterocycles. The highest BCUT2D eigenvalue weighted by Crippen LogP contribution is 2.18. The van der Waals surface area contributed by atoms with Crippen molar-refractivity contribution in [2.45, 2.75) is 298 Å². The maximum atomic E-state index is 12.8. The summed E-state index contributed by atoms with van der Waals surface area (Å²) in [5.41, 5.74) is 0. The van der Waals surface area contributed by atoms with Crippen LogP contribution in [0.1, 0.15) is 292 Å². The van der Waals surface area contributed by atoms with Crippen LogP contribution < -0.4 is 0 Å². The zero-order valence-electron chi connectivity index (χ0n) is 41.3. The molecule has 0 aromatic rings. The zero-order valence-corrected chi connectivity index (χ0v) is 41.3. The number of carbonyl (C=O) groups is 3. The van der Waals surface area contributed by atoms with Crippen molar-refractivity contribution in [3.63, 3.8) is 0 Å². The summed E-state index contributed by atoms with van der Waals surface area (Å²) in [7, 11) is 0. The molecule has 2 atom stereocenters. The lowest BCUT2D eigenvalue weighted by Crippen LogP contribution is -2.30. The van der Waals surface area contributed by atoms with Crippen LogP contribution in [0.2, 0.25) is 0 Å². The van der Waals surface area contributed by atoms with E-state index >= 15 is 0 Å². The van der Waals surface area contributed by atoms with E-state index in [1.807, 2.05) is 0 Å². The van der Waals surface area contributed by atoms with Crippen molar-refractivity contribution in [3.05, 3.63) is 0 Å². The average molecular weight is 849 g/mol. The summed E-state index contributed by atoms with van der Waals surface area (Å²) in [5.74, 6) is 1.64. The molecule has 6 nitrogen and oxygen atoms in total. The molecule has 0 aromatic heterocycles. The summed E-state index contributed by atoms with van der Waals surface area (Å²) in [6.45, 7) is 13.7. The first kappa shape index (κ1) is 58.4. The first-order chi connectivity index (χ1) is 29.1. The molecule has 0 radical (unpaired) electrons. The summed E-state index contributed by atoms with van der Waals surface area (Å²) in [6, 6.07) is 0. The van der Waals surface area contributed by atoms with Crippen LogP contribution in [0, 0.1) is 17.8 Å². The van der Waals surface area contributed by atoms with Crippen LogP contribution in [0.25, 0.3) is 0 Å². The third-order valence-electron chi connectivity index (χ3n) is 12.5. The molecular weight excluding hydrogens is 745 g/mol. The van der Waals surface area contributed by atoms with Crippen molar-refractivity contribution in [1.82, 2.24) is 0 Å². The van der Waals surface area contributed by atoms with Gasteiger partial charge in [0.2, 0.25) is 0 Å². The van der Waals surface area contributed by atoms with E-state index in [1.165, 1.54) is 173 Å². The fraction of sp³-hybridized carbons (Fsp3) is 0.944. The minimum absolute atomic E-state index is 0.0650. The lowest BCUT2D eigenvalue weighted by molar-refractivity contribution is -0.167. The van der Waals surface area contributed by atoms with Gasteiger partial charge in [0.25, 0.3) is 0 Å². The predicted octanol–water partition coefficient (Wildman–Crippen LogP) is 17.2. The van der Waals surface area contributed by atoms with Gasteiger partial charge in [0, 0.05) is 19.3 Å². The Hall–Kier alpha value is -1.59. The molecule has 0 saturated heterocycles. The average Bonchev–Trinajstić information content (AvgIpc) is 3.22. The van der Waals surface area contributed by atoms with Crippen LogP contribution >= 0.6 is 0 Å². The number of hydrogen-bond donors (Lipinski definition) is 0. The van der Waals surface area contributed by atoms with E-state index in [-0.39, 0.29) is 31.1 Å². The summed E-state index contributed by atoms with van der Waals surface area (Å²) in [4.78, 5) is 37.9. The van der Waals surface area contributed by atoms with Crippen molar-refractivity contribution in [2.75, 3.05) is 13.2 Å². The summed E-state index contributed by atoms with van der Waals surface area (Å²) in [6.07, 6.45) is 45.2. The summed E-state index contributed by atoms with van der Waals surface area (Å²) < 4.78 is 16.8. The first-order valence-corrected chi connectivity index (χ1v) is 26.6. The molecule has 60 heavy (non-hydrogen) atoms. The summed E-state index contributed by atoms with van der Waals surface area (Å²) >= 11 is 0. The highest BCUT2D eigenvalue weighted by molar-refractivity contribution is 5.71. The number of esters is 3. The highest BCUT2D eigenvalue weighted by atomic mass is 16.6. The van der Waals surface area contributed by atoms with Gasteiger partial charge in [-0.25, -0.2) is 0 Å². The SMILES string of the molecule is CCC(C)CCCCCCCCCCC(=O)OC[C@H](COC(=O)CCCCCCCCCCCCCCCCCCC(C)C)OC(=O)CCCCCCCCCCC(C)C. The van der Waals surface area contributed by atoms with Gasteiger partial charge in [0.15, 0.2) is 6.10 Å². The van der Waals surface area contributed by atoms with Crippen LogP contribution in [0.3, 0.4) is 0 Å². The molecule has 1 unspecified atom stereocenters. The van der Waals surface area contributed by atoms with Crippen LogP contribution in [0.4, 0.5) is 0 Å². The molecule has 0 N–H and O–H groups in total. The molecule has 0 aromatic carbocycles. The summed E-state index contributed by atoms with van der Waals surface area (Å²) in [5, 5.41) is 0. The standard InChI is InChI=1S/C54H104O6/c1-7-50(6)42-36-30-24-19-21-26-32-38-44-53(56)59-47-51(60-54(57)45-39-33-27-20-18-23-29-35-41-49(4)5)46-58-52(55)43-37-31-25-17-15-13-11-9-8-10-12-14-16-22-28-34-40-48(2)3/h48-51H,7-47H2,1-6H3/t50?,51-/m0/s1. The van der Waals surface area contributed by atoms with E-state index in [9.17, 15) is 14.4 Å². The van der Waals surface area contributed by atoms with Crippen LogP contribution in [-0.2, 0) is 28.6 Å². The number of carbonyl (C=O) groups excluding carboxylic acids is 3. The smallest absolute Gasteiger partial charge is 0.306 e. The Morgan fingerprint density at radius 2 is 0.583 bits per heavy atom. The molecule has 0 rings (SSSR count). The van der Waals surface area contributed by atoms with Crippen molar-refractivity contribution < 1.29 is 28.6 Å². The van der Waals surface area contributed by atoms with Crippen molar-refractivity contribution in [2.24, 2.45) is 17.8 Å². The molecule has 0 aliphatic rings. The van der Waals surface area contributed by atoms with Crippen molar-refractivity contribution >= 4 is 17.9 Å². The monoisotopic (exact) mass is 849 g/mol. The number of hydrogen-bond acceptors (Lipinski definition) is 6. The first-order valence-electron chi connectivity index (χ1n) is 26.6. The third kappa shape index (κ3) is 45.9. The van der Waals surface area contributed by atoms with Gasteiger partial charge < -0.3 is 14.2 Å². The lowest BCUT2D eigenvalue weighted by atomic mass is 9.99. The van der Waals surface area contributed by atoms with Gasteiger partial charge in [0.1, 0.15) is 13.2 Å². The molecule has 6 heteroatoms. The number of rotatable bonds is 47. The van der Waals surface area contributed by atoms with E-state index < -0.39 is 6.10 Å². The van der Waals surface area contributed by atoms with Gasteiger partial charge in [-0.15, -0.1) is 0 Å². The second kappa shape index (κ2) is 45.4. The molecule has 0 amide bonds. The third-order valence-corrected chi connectivity index (χ3v) is 12.5. The van der Waals surface area contributed by atoms with Gasteiger partial charge in [-0.1, -0.05) is 253 Å². The maximum Gasteiger partial charge on any atom is 0.306 e. The Morgan fingerprint density at radius 1 is 0.333 bits per heavy atom. The van der Waals surface area contributed by atoms with E-state index in [1.54, 1.807) is 0 Å². The molecule has 0 spiro atoms. The van der Waals surface area contributed by atoms with Gasteiger partial charge in [0.05, 0.1) is 0 Å². The molecule has 0 bridgehead atoms. The number of unbranched alkanes of at least 4 members (excludes halogenated alkanes) is 29. The van der Waals surface area contributed by atoms with Crippen LogP contribution in [0.5, 0.6) is 0 Å². The second-order valence-electron chi connectivity index (χ2n) is 19.7. The minimum Gasteiger partial charge on any atom is -0.462 e. The highest BCUT2D eigenvalue weighted by Gasteiger charge is 2.19. The van der Waals surface area contributed by atoms with Gasteiger partial charge in [-0.2, -0.15) is 0 Å². The normalized spacial score (nSPS) is 12.6. The van der Waals surface area contributed by atoms with Crippen LogP contribution in [0.15, 0.2) is 0 Å². The molecular formula is C54H104O6. The molecule has 0 heterocycles. The molecule has 356 valence electrons. The Labute approximate surface area is 374 Å². The molecule has 0 aliphatic carbocycles. The van der Waals surface area contributed by atoms with Crippen LogP contribution in [-0.4, -0.2) is 37.2 Å². The maximum absolute atomic E-state index is 12.8. The van der Waals surface area contributed by atoms with Gasteiger partial charge in [-0.05, 0) is 37.0 Å². The Morgan fingerprint density at radius 3 is 0.867 bits per heavy atom. The van der Waals surface area contributed by atoms with E-state index in [0.717, 1.165) is 75.5 Å². The second-order valence-corrected chi connectivity index (χ2v) is 19.7. The quantitative estimate of drug-likeness (QED) is 0.0345. The Kier molecular flexibility index (Phi) is 44.2. The van der Waals surface area contributed by atoms with E-state index in [0.29, 0.717) is 19.3 Å². The molecule has 0 fully saturated rings. The molecule has 0 saturated carbocycles. The largest absolute Gasteiger partial charge is 0.462 e. The van der Waals surface area contributed by atoms with E-state index in [4.69, 9.17) is 14.2 Å². The van der Waals surface area contributed by atoms with E-state index in [2.05, 4.69) is 41.5 Å². The number of ether oxygens (including phenoxy) is 3. The van der Waals surface area contributed by atoms with Crippen molar-refractivity contribution in [1.29, 1.82) is 0 Å². The topological polar surface area (TPSA) is 78.9 Å².